The number of hydrogen-bond donors (Lipinski definition) is 1. The molecule has 3 heterocycles. The van der Waals surface area contributed by atoms with Crippen LogP contribution in [0.4, 0.5) is 5.13 Å². The topological polar surface area (TPSA) is 105 Å². The number of amides is 1. The van der Waals surface area contributed by atoms with Crippen LogP contribution >= 0.6 is 11.3 Å². The predicted molar refractivity (Wildman–Crippen MR) is 124 cm³/mol. The molecule has 1 N–H and O–H groups in total. The SMILES string of the molecule is Cc1ccc(/C=C/c2onc(C)c2S(=O)(=O)N2CCC(C(=O)Nc3nccs3)CC2)cc1. The summed E-state index contributed by atoms with van der Waals surface area (Å²) in [4.78, 5) is 16.6. The largest absolute Gasteiger partial charge is 0.355 e. The number of piperidine rings is 1. The molecule has 0 radical (unpaired) electrons. The minimum Gasteiger partial charge on any atom is -0.355 e. The molecule has 10 heteroatoms. The van der Waals surface area contributed by atoms with Crippen molar-refractivity contribution in [2.75, 3.05) is 18.4 Å². The summed E-state index contributed by atoms with van der Waals surface area (Å²) in [5, 5.41) is 9.02. The average Bonchev–Trinajstić information content (AvgIpc) is 3.43. The third-order valence-electron chi connectivity index (χ3n) is 5.42. The Balaban J connectivity index is 1.46. The lowest BCUT2D eigenvalue weighted by Gasteiger charge is -2.30. The minimum absolute atomic E-state index is 0.0755. The second-order valence-corrected chi connectivity index (χ2v) is 10.5. The molecule has 32 heavy (non-hydrogen) atoms. The van der Waals surface area contributed by atoms with Crippen molar-refractivity contribution in [3.8, 4) is 0 Å². The van der Waals surface area contributed by atoms with Gasteiger partial charge in [0.05, 0.1) is 0 Å². The lowest BCUT2D eigenvalue weighted by Crippen LogP contribution is -2.41. The Bertz CT molecular complexity index is 1210. The Kier molecular flexibility index (Phi) is 6.54. The molecule has 1 aliphatic heterocycles. The van der Waals surface area contributed by atoms with E-state index in [0.717, 1.165) is 11.1 Å². The van der Waals surface area contributed by atoms with Gasteiger partial charge in [-0.2, -0.15) is 4.31 Å². The summed E-state index contributed by atoms with van der Waals surface area (Å²) in [6.07, 6.45) is 5.94. The number of aryl methyl sites for hydroxylation is 2. The second-order valence-electron chi connectivity index (χ2n) is 7.71. The molecule has 0 aliphatic carbocycles. The lowest BCUT2D eigenvalue weighted by atomic mass is 9.97. The molecule has 168 valence electrons. The van der Waals surface area contributed by atoms with E-state index in [9.17, 15) is 13.2 Å². The minimum atomic E-state index is -3.81. The first-order valence-corrected chi connectivity index (χ1v) is 12.6. The molecule has 2 aromatic heterocycles. The zero-order chi connectivity index (χ0) is 22.7. The highest BCUT2D eigenvalue weighted by molar-refractivity contribution is 7.89. The van der Waals surface area contributed by atoms with Crippen molar-refractivity contribution >= 4 is 44.6 Å². The Morgan fingerprint density at radius 3 is 2.56 bits per heavy atom. The summed E-state index contributed by atoms with van der Waals surface area (Å²) in [6.45, 7) is 4.13. The van der Waals surface area contributed by atoms with Gasteiger partial charge < -0.3 is 9.84 Å². The van der Waals surface area contributed by atoms with Crippen LogP contribution in [0, 0.1) is 19.8 Å². The first-order chi connectivity index (χ1) is 15.3. The van der Waals surface area contributed by atoms with E-state index >= 15 is 0 Å². The second kappa shape index (κ2) is 9.35. The van der Waals surface area contributed by atoms with Crippen molar-refractivity contribution in [2.45, 2.75) is 31.6 Å². The normalized spacial score (nSPS) is 15.9. The van der Waals surface area contributed by atoms with E-state index in [1.807, 2.05) is 31.2 Å². The van der Waals surface area contributed by atoms with Crippen LogP contribution in [-0.4, -0.2) is 41.9 Å². The molecular formula is C22H24N4O4S2. The van der Waals surface area contributed by atoms with Gasteiger partial charge in [0.25, 0.3) is 0 Å². The average molecular weight is 473 g/mol. The van der Waals surface area contributed by atoms with Crippen LogP contribution < -0.4 is 5.32 Å². The Morgan fingerprint density at radius 2 is 1.91 bits per heavy atom. The summed E-state index contributed by atoms with van der Waals surface area (Å²) >= 11 is 1.35. The Labute approximate surface area is 191 Å². The first kappa shape index (κ1) is 22.4. The van der Waals surface area contributed by atoms with Crippen LogP contribution in [0.25, 0.3) is 12.2 Å². The number of rotatable bonds is 6. The van der Waals surface area contributed by atoms with Gasteiger partial charge in [0.1, 0.15) is 5.69 Å². The maximum atomic E-state index is 13.4. The number of hydrogen-bond acceptors (Lipinski definition) is 7. The van der Waals surface area contributed by atoms with Gasteiger partial charge in [-0.3, -0.25) is 4.79 Å². The molecule has 0 spiro atoms. The number of anilines is 1. The van der Waals surface area contributed by atoms with E-state index in [4.69, 9.17) is 4.52 Å². The van der Waals surface area contributed by atoms with E-state index < -0.39 is 10.0 Å². The molecule has 0 saturated carbocycles. The third kappa shape index (κ3) is 4.82. The van der Waals surface area contributed by atoms with Crippen LogP contribution in [0.2, 0.25) is 0 Å². The van der Waals surface area contributed by atoms with Crippen LogP contribution in [-0.2, 0) is 14.8 Å². The van der Waals surface area contributed by atoms with Crippen LogP contribution in [0.1, 0.15) is 35.4 Å². The highest BCUT2D eigenvalue weighted by Gasteiger charge is 2.36. The number of thiazole rings is 1. The van der Waals surface area contributed by atoms with Crippen molar-refractivity contribution in [1.29, 1.82) is 0 Å². The van der Waals surface area contributed by atoms with Crippen molar-refractivity contribution in [2.24, 2.45) is 5.92 Å². The molecular weight excluding hydrogens is 448 g/mol. The quantitative estimate of drug-likeness (QED) is 0.582. The number of nitrogens with zero attached hydrogens (tertiary/aromatic N) is 3. The fraction of sp³-hybridized carbons (Fsp3) is 0.318. The van der Waals surface area contributed by atoms with Gasteiger partial charge in [-0.1, -0.05) is 41.1 Å². The maximum Gasteiger partial charge on any atom is 0.248 e. The summed E-state index contributed by atoms with van der Waals surface area (Å²) in [7, 11) is -3.81. The Morgan fingerprint density at radius 1 is 1.19 bits per heavy atom. The van der Waals surface area contributed by atoms with Gasteiger partial charge in [-0.15, -0.1) is 11.3 Å². The van der Waals surface area contributed by atoms with E-state index in [1.54, 1.807) is 30.7 Å². The summed E-state index contributed by atoms with van der Waals surface area (Å²) in [5.74, 6) is -0.179. The van der Waals surface area contributed by atoms with Crippen molar-refractivity contribution < 1.29 is 17.7 Å². The van der Waals surface area contributed by atoms with Crippen molar-refractivity contribution in [3.63, 3.8) is 0 Å². The molecule has 1 fully saturated rings. The zero-order valence-electron chi connectivity index (χ0n) is 17.8. The molecule has 1 saturated heterocycles. The number of carbonyl (C=O) groups is 1. The molecule has 4 rings (SSSR count). The highest BCUT2D eigenvalue weighted by atomic mass is 32.2. The molecule has 8 nitrogen and oxygen atoms in total. The van der Waals surface area contributed by atoms with Crippen molar-refractivity contribution in [1.82, 2.24) is 14.4 Å². The van der Waals surface area contributed by atoms with Gasteiger partial charge in [-0.25, -0.2) is 13.4 Å². The molecule has 1 amide bonds. The van der Waals surface area contributed by atoms with E-state index in [1.165, 1.54) is 15.6 Å². The molecule has 1 aliphatic rings. The van der Waals surface area contributed by atoms with E-state index in [2.05, 4.69) is 15.5 Å². The number of sulfonamides is 1. The maximum absolute atomic E-state index is 13.4. The van der Waals surface area contributed by atoms with Gasteiger partial charge in [-0.05, 0) is 38.3 Å². The molecule has 0 atom stereocenters. The molecule has 0 unspecified atom stereocenters. The van der Waals surface area contributed by atoms with Crippen LogP contribution in [0.15, 0.2) is 45.3 Å². The van der Waals surface area contributed by atoms with Gasteiger partial charge in [0, 0.05) is 30.6 Å². The molecule has 1 aromatic carbocycles. The summed E-state index contributed by atoms with van der Waals surface area (Å²) < 4.78 is 33.5. The van der Waals surface area contributed by atoms with Gasteiger partial charge in [0.2, 0.25) is 15.9 Å². The van der Waals surface area contributed by atoms with Crippen LogP contribution in [0.3, 0.4) is 0 Å². The third-order valence-corrected chi connectivity index (χ3v) is 8.17. The predicted octanol–water partition coefficient (Wildman–Crippen LogP) is 3.96. The number of aromatic nitrogens is 2. The van der Waals surface area contributed by atoms with Gasteiger partial charge in [0.15, 0.2) is 15.8 Å². The Hall–Kier alpha value is -2.82. The number of carbonyl (C=O) groups excluding carboxylic acids is 1. The summed E-state index contributed by atoms with van der Waals surface area (Å²) in [5.41, 5.74) is 2.39. The fourth-order valence-electron chi connectivity index (χ4n) is 3.63. The monoisotopic (exact) mass is 472 g/mol. The summed E-state index contributed by atoms with van der Waals surface area (Å²) in [6, 6.07) is 7.87. The van der Waals surface area contributed by atoms with Gasteiger partial charge >= 0.3 is 0 Å². The number of nitrogens with one attached hydrogen (secondary N) is 1. The van der Waals surface area contributed by atoms with E-state index in [-0.39, 0.29) is 35.6 Å². The van der Waals surface area contributed by atoms with Crippen molar-refractivity contribution in [3.05, 3.63) is 58.4 Å². The standard InChI is InChI=1S/C22H24N4O4S2/c1-15-3-5-17(6-4-15)7-8-19-20(16(2)25-30-19)32(28,29)26-12-9-18(10-13-26)21(27)24-22-23-11-14-31-22/h3-8,11,14,18H,9-10,12-13H2,1-2H3,(H,23,24,27)/b8-7+. The highest BCUT2D eigenvalue weighted by Crippen LogP contribution is 2.29. The first-order valence-electron chi connectivity index (χ1n) is 10.3. The number of benzene rings is 1. The lowest BCUT2D eigenvalue weighted by molar-refractivity contribution is -0.120. The smallest absolute Gasteiger partial charge is 0.248 e. The van der Waals surface area contributed by atoms with E-state index in [0.29, 0.717) is 23.7 Å². The molecule has 0 bridgehead atoms. The zero-order valence-corrected chi connectivity index (χ0v) is 19.4. The van der Waals surface area contributed by atoms with Crippen LogP contribution in [0.5, 0.6) is 0 Å². The fourth-order valence-corrected chi connectivity index (χ4v) is 5.88. The molecule has 3 aromatic rings.